The fourth-order valence-electron chi connectivity index (χ4n) is 2.73. The van der Waals surface area contributed by atoms with Crippen molar-refractivity contribution >= 4 is 20.3 Å². The standard InChI is InChI=1S/C19H28FN5O2Si/c1-19(2,3)28(4,5)27-12-13-8-14-10-15(11-17(20)16(14)9-13)26-7-6-25-18(21)22-23-24-25/h8,10-11H,6-7,9,12H2,1-5H3,(H2,21,22,24). The Kier molecular flexibility index (Phi) is 5.58. The fraction of sp³-hybridized carbons (Fsp3) is 0.526. The SMILES string of the molecule is CC(C)(C)[Si](C)(C)OCC1=Cc2cc(OCCn3nnnc3N)cc(F)c2C1. The molecule has 28 heavy (non-hydrogen) atoms. The molecule has 3 rings (SSSR count). The molecule has 1 aliphatic rings. The number of nitrogen functional groups attached to an aromatic ring is 1. The number of anilines is 1. The maximum absolute atomic E-state index is 14.5. The van der Waals surface area contributed by atoms with Crippen molar-refractivity contribution in [3.8, 4) is 5.75 Å². The van der Waals surface area contributed by atoms with Crippen molar-refractivity contribution in [2.75, 3.05) is 18.9 Å². The second kappa shape index (κ2) is 7.63. The highest BCUT2D eigenvalue weighted by molar-refractivity contribution is 6.74. The first-order valence-corrected chi connectivity index (χ1v) is 12.3. The first-order chi connectivity index (χ1) is 13.1. The highest BCUT2D eigenvalue weighted by Gasteiger charge is 2.37. The van der Waals surface area contributed by atoms with E-state index in [-0.39, 0.29) is 16.8 Å². The molecule has 0 spiro atoms. The third-order valence-electron chi connectivity index (χ3n) is 5.52. The molecule has 7 nitrogen and oxygen atoms in total. The van der Waals surface area contributed by atoms with Crippen molar-refractivity contribution in [3.63, 3.8) is 0 Å². The number of hydrogen-bond acceptors (Lipinski definition) is 6. The lowest BCUT2D eigenvalue weighted by atomic mass is 10.1. The molecule has 1 aromatic heterocycles. The second-order valence-corrected chi connectivity index (χ2v) is 13.4. The Morgan fingerprint density at radius 3 is 2.68 bits per heavy atom. The van der Waals surface area contributed by atoms with Crippen molar-refractivity contribution in [2.45, 2.75) is 51.9 Å². The minimum Gasteiger partial charge on any atom is -0.492 e. The Morgan fingerprint density at radius 1 is 1.29 bits per heavy atom. The number of halogens is 1. The van der Waals surface area contributed by atoms with Gasteiger partial charge >= 0.3 is 0 Å². The van der Waals surface area contributed by atoms with Gasteiger partial charge in [-0.05, 0) is 57.7 Å². The molecular formula is C19H28FN5O2Si. The Hall–Kier alpha value is -2.26. The minimum atomic E-state index is -1.84. The van der Waals surface area contributed by atoms with E-state index in [1.165, 1.54) is 10.7 Å². The molecule has 2 aromatic rings. The van der Waals surface area contributed by atoms with Crippen LogP contribution in [0.15, 0.2) is 17.7 Å². The maximum atomic E-state index is 14.5. The molecule has 0 amide bonds. The zero-order valence-corrected chi connectivity index (χ0v) is 18.1. The normalized spacial score (nSPS) is 14.1. The number of rotatable bonds is 7. The summed E-state index contributed by atoms with van der Waals surface area (Å²) in [7, 11) is -1.84. The molecular weight excluding hydrogens is 377 g/mol. The molecule has 0 radical (unpaired) electrons. The van der Waals surface area contributed by atoms with Gasteiger partial charge in [-0.3, -0.25) is 0 Å². The number of nitrogens with zero attached hydrogens (tertiary/aromatic N) is 4. The van der Waals surface area contributed by atoms with Gasteiger partial charge in [-0.1, -0.05) is 31.9 Å². The van der Waals surface area contributed by atoms with E-state index in [1.807, 2.05) is 12.1 Å². The molecule has 0 atom stereocenters. The highest BCUT2D eigenvalue weighted by atomic mass is 28.4. The van der Waals surface area contributed by atoms with Crippen LogP contribution in [0, 0.1) is 5.82 Å². The number of hydrogen-bond donors (Lipinski definition) is 1. The summed E-state index contributed by atoms with van der Waals surface area (Å²) in [6.45, 7) is 12.3. The minimum absolute atomic E-state index is 0.147. The van der Waals surface area contributed by atoms with Gasteiger partial charge in [-0.15, -0.1) is 0 Å². The van der Waals surface area contributed by atoms with E-state index >= 15 is 0 Å². The van der Waals surface area contributed by atoms with Crippen LogP contribution in [0.4, 0.5) is 10.3 Å². The summed E-state index contributed by atoms with van der Waals surface area (Å²) in [6, 6.07) is 3.29. The van der Waals surface area contributed by atoms with Crippen LogP contribution >= 0.6 is 0 Å². The van der Waals surface area contributed by atoms with Gasteiger partial charge in [-0.25, -0.2) is 9.07 Å². The molecule has 1 aliphatic carbocycles. The van der Waals surface area contributed by atoms with Gasteiger partial charge in [0, 0.05) is 6.07 Å². The Bertz CT molecular complexity index is 889. The van der Waals surface area contributed by atoms with Crippen LogP contribution in [0.25, 0.3) is 6.08 Å². The van der Waals surface area contributed by atoms with E-state index in [2.05, 4.69) is 49.4 Å². The molecule has 0 unspecified atom stereocenters. The van der Waals surface area contributed by atoms with Crippen LogP contribution in [0.3, 0.4) is 0 Å². The molecule has 0 bridgehead atoms. The lowest BCUT2D eigenvalue weighted by molar-refractivity contribution is 0.289. The summed E-state index contributed by atoms with van der Waals surface area (Å²) in [5.74, 6) is 0.441. The summed E-state index contributed by atoms with van der Waals surface area (Å²) in [6.07, 6.45) is 2.59. The summed E-state index contributed by atoms with van der Waals surface area (Å²) in [4.78, 5) is 0. The summed E-state index contributed by atoms with van der Waals surface area (Å²) in [5.41, 5.74) is 8.26. The summed E-state index contributed by atoms with van der Waals surface area (Å²) in [5, 5.41) is 11.0. The number of nitrogens with two attached hydrogens (primary N) is 1. The average molecular weight is 406 g/mol. The Morgan fingerprint density at radius 2 is 2.04 bits per heavy atom. The molecule has 0 fully saturated rings. The third kappa shape index (κ3) is 4.41. The van der Waals surface area contributed by atoms with Gasteiger partial charge in [0.15, 0.2) is 8.32 Å². The molecule has 1 heterocycles. The van der Waals surface area contributed by atoms with Gasteiger partial charge < -0.3 is 14.9 Å². The van der Waals surface area contributed by atoms with E-state index in [1.54, 1.807) is 0 Å². The first-order valence-electron chi connectivity index (χ1n) is 9.37. The Balaban J connectivity index is 1.63. The number of ether oxygens (including phenoxy) is 1. The van der Waals surface area contributed by atoms with Crippen molar-refractivity contribution < 1.29 is 13.6 Å². The predicted octanol–water partition coefficient (Wildman–Crippen LogP) is 3.43. The number of benzene rings is 1. The lowest BCUT2D eigenvalue weighted by Crippen LogP contribution is -2.41. The molecule has 0 saturated heterocycles. The van der Waals surface area contributed by atoms with Crippen molar-refractivity contribution in [1.82, 2.24) is 20.2 Å². The molecule has 152 valence electrons. The summed E-state index contributed by atoms with van der Waals surface area (Å²) < 4.78 is 27.9. The average Bonchev–Trinajstić information content (AvgIpc) is 3.19. The lowest BCUT2D eigenvalue weighted by Gasteiger charge is -2.36. The van der Waals surface area contributed by atoms with E-state index in [0.29, 0.717) is 37.5 Å². The maximum Gasteiger partial charge on any atom is 0.240 e. The van der Waals surface area contributed by atoms with Crippen LogP contribution in [0.2, 0.25) is 18.1 Å². The summed E-state index contributed by atoms with van der Waals surface area (Å²) >= 11 is 0. The molecule has 9 heteroatoms. The molecule has 0 aliphatic heterocycles. The van der Waals surface area contributed by atoms with Crippen LogP contribution in [-0.4, -0.2) is 41.7 Å². The zero-order valence-electron chi connectivity index (χ0n) is 17.1. The molecule has 0 saturated carbocycles. The monoisotopic (exact) mass is 405 g/mol. The highest BCUT2D eigenvalue weighted by Crippen LogP contribution is 2.38. The van der Waals surface area contributed by atoms with Crippen LogP contribution in [0.1, 0.15) is 31.9 Å². The topological polar surface area (TPSA) is 88.1 Å². The fourth-order valence-corrected chi connectivity index (χ4v) is 3.71. The van der Waals surface area contributed by atoms with Gasteiger partial charge in [0.2, 0.25) is 5.95 Å². The zero-order chi connectivity index (χ0) is 20.5. The molecule has 2 N–H and O–H groups in total. The van der Waals surface area contributed by atoms with E-state index < -0.39 is 8.32 Å². The number of tetrazole rings is 1. The van der Waals surface area contributed by atoms with Gasteiger partial charge in [0.25, 0.3) is 0 Å². The van der Waals surface area contributed by atoms with Gasteiger partial charge in [0.05, 0.1) is 13.2 Å². The van der Waals surface area contributed by atoms with E-state index in [4.69, 9.17) is 14.9 Å². The Labute approximate surface area is 165 Å². The smallest absolute Gasteiger partial charge is 0.240 e. The quantitative estimate of drug-likeness (QED) is 0.710. The second-order valence-electron chi connectivity index (χ2n) is 8.61. The first kappa shape index (κ1) is 20.5. The number of fused-ring (bicyclic) bond motifs is 1. The third-order valence-corrected chi connectivity index (χ3v) is 10.0. The van der Waals surface area contributed by atoms with Gasteiger partial charge in [-0.2, -0.15) is 0 Å². The largest absolute Gasteiger partial charge is 0.492 e. The number of aromatic nitrogens is 4. The van der Waals surface area contributed by atoms with E-state index in [0.717, 1.165) is 11.1 Å². The molecule has 1 aromatic carbocycles. The van der Waals surface area contributed by atoms with Gasteiger partial charge in [0.1, 0.15) is 18.2 Å². The van der Waals surface area contributed by atoms with Crippen molar-refractivity contribution in [2.24, 2.45) is 0 Å². The van der Waals surface area contributed by atoms with Crippen LogP contribution in [0.5, 0.6) is 5.75 Å². The predicted molar refractivity (Wildman–Crippen MR) is 109 cm³/mol. The van der Waals surface area contributed by atoms with E-state index in [9.17, 15) is 4.39 Å². The van der Waals surface area contributed by atoms with Crippen molar-refractivity contribution in [3.05, 3.63) is 34.6 Å². The van der Waals surface area contributed by atoms with Crippen LogP contribution < -0.4 is 10.5 Å². The van der Waals surface area contributed by atoms with Crippen LogP contribution in [-0.2, 0) is 17.4 Å². The van der Waals surface area contributed by atoms with Crippen molar-refractivity contribution in [1.29, 1.82) is 0 Å².